The Morgan fingerprint density at radius 1 is 1.40 bits per heavy atom. The van der Waals surface area contributed by atoms with Crippen molar-refractivity contribution in [3.05, 3.63) is 0 Å². The van der Waals surface area contributed by atoms with Crippen molar-refractivity contribution in [1.29, 1.82) is 0 Å². The maximum absolute atomic E-state index is 5.54. The minimum Gasteiger partial charge on any atom is -0.330 e. The summed E-state index contributed by atoms with van der Waals surface area (Å²) in [5, 5.41) is 0. The Balaban J connectivity index is 2.10. The SMILES string of the molecule is CC(CN)CC(C)C1CC1. The molecule has 0 aromatic rings. The van der Waals surface area contributed by atoms with Crippen molar-refractivity contribution in [2.75, 3.05) is 6.54 Å². The molecule has 0 amide bonds. The molecule has 60 valence electrons. The van der Waals surface area contributed by atoms with Crippen molar-refractivity contribution < 1.29 is 0 Å². The van der Waals surface area contributed by atoms with Gasteiger partial charge in [-0.25, -0.2) is 0 Å². The zero-order valence-corrected chi connectivity index (χ0v) is 7.14. The maximum atomic E-state index is 5.54. The van der Waals surface area contributed by atoms with E-state index in [1.807, 2.05) is 0 Å². The lowest BCUT2D eigenvalue weighted by molar-refractivity contribution is 0.384. The normalized spacial score (nSPS) is 24.3. The molecule has 1 nitrogen and oxygen atoms in total. The molecule has 1 aliphatic rings. The van der Waals surface area contributed by atoms with Crippen molar-refractivity contribution >= 4 is 0 Å². The Labute approximate surface area is 64.0 Å². The first kappa shape index (κ1) is 8.06. The molecule has 1 fully saturated rings. The van der Waals surface area contributed by atoms with E-state index >= 15 is 0 Å². The lowest BCUT2D eigenvalue weighted by Gasteiger charge is -2.14. The third-order valence-electron chi connectivity index (χ3n) is 2.60. The van der Waals surface area contributed by atoms with E-state index in [0.717, 1.165) is 24.3 Å². The fourth-order valence-electron chi connectivity index (χ4n) is 1.59. The van der Waals surface area contributed by atoms with Gasteiger partial charge in [0.05, 0.1) is 0 Å². The second kappa shape index (κ2) is 3.38. The first-order valence-electron chi connectivity index (χ1n) is 4.44. The van der Waals surface area contributed by atoms with E-state index in [2.05, 4.69) is 13.8 Å². The fourth-order valence-corrected chi connectivity index (χ4v) is 1.59. The minimum absolute atomic E-state index is 0.732. The monoisotopic (exact) mass is 141 g/mol. The Morgan fingerprint density at radius 2 is 2.00 bits per heavy atom. The average Bonchev–Trinajstić information content (AvgIpc) is 2.68. The molecule has 1 saturated carbocycles. The zero-order chi connectivity index (χ0) is 7.56. The van der Waals surface area contributed by atoms with Crippen LogP contribution in [0, 0.1) is 17.8 Å². The van der Waals surface area contributed by atoms with E-state index in [1.54, 1.807) is 0 Å². The Morgan fingerprint density at radius 3 is 2.40 bits per heavy atom. The van der Waals surface area contributed by atoms with Crippen LogP contribution < -0.4 is 5.73 Å². The van der Waals surface area contributed by atoms with Gasteiger partial charge in [0.25, 0.3) is 0 Å². The van der Waals surface area contributed by atoms with Crippen LogP contribution in [-0.4, -0.2) is 6.54 Å². The predicted octanol–water partition coefficient (Wildman–Crippen LogP) is 2.02. The topological polar surface area (TPSA) is 26.0 Å². The quantitative estimate of drug-likeness (QED) is 0.637. The van der Waals surface area contributed by atoms with E-state index in [4.69, 9.17) is 5.73 Å². The van der Waals surface area contributed by atoms with E-state index in [9.17, 15) is 0 Å². The molecule has 1 rings (SSSR count). The van der Waals surface area contributed by atoms with Crippen LogP contribution in [0.4, 0.5) is 0 Å². The molecule has 0 aliphatic heterocycles. The first-order chi connectivity index (χ1) is 4.74. The summed E-state index contributed by atoms with van der Waals surface area (Å²) >= 11 is 0. The summed E-state index contributed by atoms with van der Waals surface area (Å²) in [6.45, 7) is 5.47. The lowest BCUT2D eigenvalue weighted by atomic mass is 9.94. The van der Waals surface area contributed by atoms with Crippen LogP contribution in [0.3, 0.4) is 0 Å². The molecule has 0 radical (unpaired) electrons. The molecule has 0 aromatic heterocycles. The van der Waals surface area contributed by atoms with Gasteiger partial charge in [0, 0.05) is 0 Å². The van der Waals surface area contributed by atoms with Crippen LogP contribution >= 0.6 is 0 Å². The molecule has 0 bridgehead atoms. The van der Waals surface area contributed by atoms with Crippen molar-refractivity contribution in [1.82, 2.24) is 0 Å². The Bertz CT molecular complexity index is 96.9. The van der Waals surface area contributed by atoms with Gasteiger partial charge in [0.1, 0.15) is 0 Å². The molecule has 0 saturated heterocycles. The van der Waals surface area contributed by atoms with Gasteiger partial charge >= 0.3 is 0 Å². The maximum Gasteiger partial charge on any atom is -0.00514 e. The van der Waals surface area contributed by atoms with E-state index in [-0.39, 0.29) is 0 Å². The highest BCUT2D eigenvalue weighted by Crippen LogP contribution is 2.39. The highest BCUT2D eigenvalue weighted by molar-refractivity contribution is 4.79. The molecule has 0 spiro atoms. The van der Waals surface area contributed by atoms with Gasteiger partial charge in [0.2, 0.25) is 0 Å². The molecule has 0 heterocycles. The van der Waals surface area contributed by atoms with Gasteiger partial charge in [-0.05, 0) is 43.6 Å². The van der Waals surface area contributed by atoms with Crippen LogP contribution in [-0.2, 0) is 0 Å². The van der Waals surface area contributed by atoms with Gasteiger partial charge in [-0.1, -0.05) is 13.8 Å². The molecule has 1 heteroatoms. The highest BCUT2D eigenvalue weighted by atomic mass is 14.5. The van der Waals surface area contributed by atoms with Crippen LogP contribution in [0.5, 0.6) is 0 Å². The summed E-state index contributed by atoms with van der Waals surface area (Å²) in [6.07, 6.45) is 4.28. The van der Waals surface area contributed by atoms with Crippen LogP contribution in [0.1, 0.15) is 33.1 Å². The van der Waals surface area contributed by atoms with E-state index < -0.39 is 0 Å². The average molecular weight is 141 g/mol. The van der Waals surface area contributed by atoms with Gasteiger partial charge in [0.15, 0.2) is 0 Å². The van der Waals surface area contributed by atoms with Gasteiger partial charge in [-0.15, -0.1) is 0 Å². The molecule has 10 heavy (non-hydrogen) atoms. The zero-order valence-electron chi connectivity index (χ0n) is 7.14. The number of hydrogen-bond acceptors (Lipinski definition) is 1. The third kappa shape index (κ3) is 2.30. The highest BCUT2D eigenvalue weighted by Gasteiger charge is 2.28. The smallest absolute Gasteiger partial charge is 0.00514 e. The Kier molecular flexibility index (Phi) is 2.72. The summed E-state index contributed by atoms with van der Waals surface area (Å²) in [7, 11) is 0. The first-order valence-corrected chi connectivity index (χ1v) is 4.44. The Hall–Kier alpha value is -0.0400. The van der Waals surface area contributed by atoms with Gasteiger partial charge in [-0.2, -0.15) is 0 Å². The van der Waals surface area contributed by atoms with E-state index in [0.29, 0.717) is 0 Å². The lowest BCUT2D eigenvalue weighted by Crippen LogP contribution is -2.14. The standard InChI is InChI=1S/C9H19N/c1-7(6-10)5-8(2)9-3-4-9/h7-9H,3-6,10H2,1-2H3. The van der Waals surface area contributed by atoms with Gasteiger partial charge < -0.3 is 5.73 Å². The predicted molar refractivity (Wildman–Crippen MR) is 44.7 cm³/mol. The largest absolute Gasteiger partial charge is 0.330 e. The second-order valence-corrected chi connectivity index (χ2v) is 3.89. The summed E-state index contributed by atoms with van der Waals surface area (Å²) < 4.78 is 0. The van der Waals surface area contributed by atoms with Crippen molar-refractivity contribution in [3.8, 4) is 0 Å². The third-order valence-corrected chi connectivity index (χ3v) is 2.60. The molecular formula is C9H19N. The van der Waals surface area contributed by atoms with Crippen LogP contribution in [0.25, 0.3) is 0 Å². The summed E-state index contributed by atoms with van der Waals surface area (Å²) in [4.78, 5) is 0. The minimum atomic E-state index is 0.732. The van der Waals surface area contributed by atoms with Gasteiger partial charge in [-0.3, -0.25) is 0 Å². The van der Waals surface area contributed by atoms with Crippen molar-refractivity contribution in [3.63, 3.8) is 0 Å². The number of nitrogens with two attached hydrogens (primary N) is 1. The molecule has 2 N–H and O–H groups in total. The summed E-state index contributed by atoms with van der Waals surface area (Å²) in [5.74, 6) is 2.71. The van der Waals surface area contributed by atoms with Crippen LogP contribution in [0.15, 0.2) is 0 Å². The molecule has 2 unspecified atom stereocenters. The summed E-state index contributed by atoms with van der Waals surface area (Å²) in [6, 6.07) is 0. The van der Waals surface area contributed by atoms with E-state index in [1.165, 1.54) is 19.3 Å². The molecule has 2 atom stereocenters. The van der Waals surface area contributed by atoms with Crippen molar-refractivity contribution in [2.24, 2.45) is 23.5 Å². The number of rotatable bonds is 4. The second-order valence-electron chi connectivity index (χ2n) is 3.89. The molecular weight excluding hydrogens is 122 g/mol. The van der Waals surface area contributed by atoms with Crippen molar-refractivity contribution in [2.45, 2.75) is 33.1 Å². The number of hydrogen-bond donors (Lipinski definition) is 1. The molecule has 1 aliphatic carbocycles. The fraction of sp³-hybridized carbons (Fsp3) is 1.00. The molecule has 0 aromatic carbocycles. The van der Waals surface area contributed by atoms with Crippen LogP contribution in [0.2, 0.25) is 0 Å². The summed E-state index contributed by atoms with van der Waals surface area (Å²) in [5.41, 5.74) is 5.54.